The molecule has 0 bridgehead atoms. The molecular formula is C18H20N4O2S. The molecule has 0 aliphatic rings. The molecule has 0 amide bonds. The average Bonchev–Trinajstić information content (AvgIpc) is 3.07. The summed E-state index contributed by atoms with van der Waals surface area (Å²) in [6.07, 6.45) is 0. The summed E-state index contributed by atoms with van der Waals surface area (Å²) in [6, 6.07) is 15.7. The number of ether oxygens (including phenoxy) is 1. The third-order valence-electron chi connectivity index (χ3n) is 3.77. The summed E-state index contributed by atoms with van der Waals surface area (Å²) < 4.78 is 10.6. The first-order valence-corrected chi connectivity index (χ1v) is 8.80. The second-order valence-corrected chi connectivity index (χ2v) is 6.23. The van der Waals surface area contributed by atoms with Crippen LogP contribution in [-0.4, -0.2) is 42.9 Å². The number of aliphatic hydroxyl groups is 1. The Morgan fingerprint density at radius 3 is 2.64 bits per heavy atom. The summed E-state index contributed by atoms with van der Waals surface area (Å²) in [5, 5.41) is 18.8. The number of hydrogen-bond acceptors (Lipinski definition) is 7. The number of aromatic nitrogens is 1. The lowest BCUT2D eigenvalue weighted by molar-refractivity contribution is 0.203. The van der Waals surface area contributed by atoms with E-state index in [4.69, 9.17) is 4.74 Å². The van der Waals surface area contributed by atoms with E-state index in [1.807, 2.05) is 48.5 Å². The molecule has 0 saturated carbocycles. The molecule has 2 aromatic carbocycles. The highest BCUT2D eigenvalue weighted by Crippen LogP contribution is 2.30. The summed E-state index contributed by atoms with van der Waals surface area (Å²) in [6.45, 7) is 2.00. The topological polar surface area (TPSA) is 70.3 Å². The Morgan fingerprint density at radius 2 is 1.88 bits per heavy atom. The third-order valence-corrected chi connectivity index (χ3v) is 4.59. The fourth-order valence-corrected chi connectivity index (χ4v) is 3.19. The number of anilines is 1. The highest BCUT2D eigenvalue weighted by Gasteiger charge is 2.06. The molecule has 1 N–H and O–H groups in total. The summed E-state index contributed by atoms with van der Waals surface area (Å²) in [5.74, 6) is 0.645. The molecule has 3 aromatic rings. The van der Waals surface area contributed by atoms with Gasteiger partial charge in [-0.15, -0.1) is 10.2 Å². The van der Waals surface area contributed by atoms with E-state index in [2.05, 4.69) is 19.5 Å². The van der Waals surface area contributed by atoms with Crippen molar-refractivity contribution in [2.24, 2.45) is 10.2 Å². The lowest BCUT2D eigenvalue weighted by Gasteiger charge is -2.23. The maximum atomic E-state index is 9.21. The van der Waals surface area contributed by atoms with Gasteiger partial charge in [0.15, 0.2) is 5.82 Å². The summed E-state index contributed by atoms with van der Waals surface area (Å²) in [5.41, 5.74) is 1.78. The van der Waals surface area contributed by atoms with Crippen molar-refractivity contribution in [1.29, 1.82) is 0 Å². The Hall–Kier alpha value is -2.35. The van der Waals surface area contributed by atoms with Gasteiger partial charge in [0.25, 0.3) is 0 Å². The molecule has 0 spiro atoms. The molecular weight excluding hydrogens is 336 g/mol. The molecule has 0 atom stereocenters. The third kappa shape index (κ3) is 4.39. The Morgan fingerprint density at radius 1 is 1.08 bits per heavy atom. The zero-order valence-electron chi connectivity index (χ0n) is 14.0. The highest BCUT2D eigenvalue weighted by molar-refractivity contribution is 7.13. The molecule has 0 fully saturated rings. The van der Waals surface area contributed by atoms with E-state index >= 15 is 0 Å². The van der Waals surface area contributed by atoms with Crippen molar-refractivity contribution in [2.45, 2.75) is 0 Å². The number of hydrogen-bond donors (Lipinski definition) is 1. The quantitative estimate of drug-likeness (QED) is 0.615. The maximum Gasteiger partial charge on any atom is 0.195 e. The van der Waals surface area contributed by atoms with Crippen LogP contribution in [0.2, 0.25) is 0 Å². The number of benzene rings is 2. The van der Waals surface area contributed by atoms with E-state index in [1.54, 1.807) is 7.11 Å². The molecule has 0 aliphatic carbocycles. The first-order chi connectivity index (χ1) is 12.3. The molecule has 0 aliphatic heterocycles. The fraction of sp³-hybridized carbons (Fsp3) is 0.278. The van der Waals surface area contributed by atoms with Crippen LogP contribution in [0.3, 0.4) is 0 Å². The number of aliphatic hydroxyl groups excluding tert-OH is 1. The van der Waals surface area contributed by atoms with Crippen LogP contribution in [0.5, 0.6) is 0 Å². The maximum absolute atomic E-state index is 9.21. The van der Waals surface area contributed by atoms with Gasteiger partial charge < -0.3 is 14.7 Å². The number of fused-ring (bicyclic) bond motifs is 1. The van der Waals surface area contributed by atoms with Gasteiger partial charge in [0.2, 0.25) is 0 Å². The Balaban J connectivity index is 1.73. The van der Waals surface area contributed by atoms with Crippen molar-refractivity contribution < 1.29 is 9.84 Å². The van der Waals surface area contributed by atoms with Crippen molar-refractivity contribution in [3.05, 3.63) is 48.5 Å². The minimum absolute atomic E-state index is 0.0993. The molecule has 7 heteroatoms. The highest BCUT2D eigenvalue weighted by atomic mass is 32.1. The SMILES string of the molecule is COCCN(CCO)c1ccc(N=Nc2nsc3ccccc23)cc1. The van der Waals surface area contributed by atoms with Crippen LogP contribution in [0.15, 0.2) is 58.8 Å². The normalized spacial score (nSPS) is 11.4. The van der Waals surface area contributed by atoms with Gasteiger partial charge in [-0.25, -0.2) is 0 Å². The van der Waals surface area contributed by atoms with Crippen molar-refractivity contribution >= 4 is 38.8 Å². The molecule has 3 rings (SSSR count). The second-order valence-electron chi connectivity index (χ2n) is 5.42. The van der Waals surface area contributed by atoms with Gasteiger partial charge in [-0.2, -0.15) is 4.37 Å². The van der Waals surface area contributed by atoms with E-state index in [1.165, 1.54) is 11.5 Å². The van der Waals surface area contributed by atoms with Crippen molar-refractivity contribution in [1.82, 2.24) is 4.37 Å². The Kier molecular flexibility index (Phi) is 6.05. The average molecular weight is 356 g/mol. The predicted molar refractivity (Wildman–Crippen MR) is 101 cm³/mol. The van der Waals surface area contributed by atoms with Crippen LogP contribution in [0.25, 0.3) is 10.1 Å². The fourth-order valence-electron chi connectivity index (χ4n) is 2.47. The molecule has 0 radical (unpaired) electrons. The van der Waals surface area contributed by atoms with Crippen LogP contribution < -0.4 is 4.90 Å². The van der Waals surface area contributed by atoms with Crippen LogP contribution in [0.1, 0.15) is 0 Å². The Bertz CT molecular complexity index is 832. The second kappa shape index (κ2) is 8.66. The van der Waals surface area contributed by atoms with E-state index in [-0.39, 0.29) is 6.61 Å². The van der Waals surface area contributed by atoms with E-state index < -0.39 is 0 Å². The molecule has 25 heavy (non-hydrogen) atoms. The van der Waals surface area contributed by atoms with E-state index in [9.17, 15) is 5.11 Å². The van der Waals surface area contributed by atoms with Crippen LogP contribution in [0, 0.1) is 0 Å². The standard InChI is InChI=1S/C18H20N4O2S/c1-24-13-11-22(10-12-23)15-8-6-14(7-9-15)19-20-18-16-4-2-3-5-17(16)25-21-18/h2-9,23H,10-13H2,1H3. The monoisotopic (exact) mass is 356 g/mol. The van der Waals surface area contributed by atoms with Gasteiger partial charge in [0.1, 0.15) is 0 Å². The van der Waals surface area contributed by atoms with Crippen LogP contribution >= 0.6 is 11.5 Å². The van der Waals surface area contributed by atoms with Crippen molar-refractivity contribution in [2.75, 3.05) is 38.3 Å². The summed E-state index contributed by atoms with van der Waals surface area (Å²) in [4.78, 5) is 2.07. The number of azo groups is 1. The minimum Gasteiger partial charge on any atom is -0.395 e. The number of nitrogens with zero attached hydrogens (tertiary/aromatic N) is 4. The summed E-state index contributed by atoms with van der Waals surface area (Å²) >= 11 is 1.42. The molecule has 1 aromatic heterocycles. The van der Waals surface area contributed by atoms with Gasteiger partial charge in [0, 0.05) is 31.3 Å². The predicted octanol–water partition coefficient (Wildman–Crippen LogP) is 4.16. The molecule has 1 heterocycles. The van der Waals surface area contributed by atoms with Gasteiger partial charge in [-0.1, -0.05) is 12.1 Å². The van der Waals surface area contributed by atoms with Crippen molar-refractivity contribution in [3.63, 3.8) is 0 Å². The van der Waals surface area contributed by atoms with E-state index in [0.717, 1.165) is 28.0 Å². The van der Waals surface area contributed by atoms with Crippen LogP contribution in [-0.2, 0) is 4.74 Å². The minimum atomic E-state index is 0.0993. The first-order valence-electron chi connectivity index (χ1n) is 8.03. The lowest BCUT2D eigenvalue weighted by Crippen LogP contribution is -2.29. The zero-order valence-corrected chi connectivity index (χ0v) is 14.8. The number of rotatable bonds is 8. The lowest BCUT2D eigenvalue weighted by atomic mass is 10.2. The zero-order chi connectivity index (χ0) is 17.5. The molecule has 0 saturated heterocycles. The van der Waals surface area contributed by atoms with Crippen LogP contribution in [0.4, 0.5) is 17.2 Å². The summed E-state index contributed by atoms with van der Waals surface area (Å²) in [7, 11) is 1.67. The largest absolute Gasteiger partial charge is 0.395 e. The van der Waals surface area contributed by atoms with E-state index in [0.29, 0.717) is 19.0 Å². The van der Waals surface area contributed by atoms with Crippen molar-refractivity contribution in [3.8, 4) is 0 Å². The van der Waals surface area contributed by atoms with Gasteiger partial charge in [-0.05, 0) is 47.9 Å². The van der Waals surface area contributed by atoms with Gasteiger partial charge >= 0.3 is 0 Å². The smallest absolute Gasteiger partial charge is 0.195 e. The molecule has 0 unspecified atom stereocenters. The first kappa shape index (κ1) is 17.5. The molecule has 130 valence electrons. The van der Waals surface area contributed by atoms with Gasteiger partial charge in [-0.3, -0.25) is 0 Å². The Labute approximate surface area is 150 Å². The number of methoxy groups -OCH3 is 1. The molecule has 6 nitrogen and oxygen atoms in total. The van der Waals surface area contributed by atoms with Gasteiger partial charge in [0.05, 0.1) is 23.6 Å².